The molecule has 2 aromatic rings. The lowest BCUT2D eigenvalue weighted by Gasteiger charge is -2.09. The number of carbonyl (C=O) groups excluding carboxylic acids is 2. The van der Waals surface area contributed by atoms with Crippen LogP contribution in [-0.4, -0.2) is 25.4 Å². The first-order valence-corrected chi connectivity index (χ1v) is 7.81. The molecule has 0 unspecified atom stereocenters. The van der Waals surface area contributed by atoms with E-state index in [1.165, 1.54) is 13.3 Å². The summed E-state index contributed by atoms with van der Waals surface area (Å²) in [7, 11) is 1.22. The predicted octanol–water partition coefficient (Wildman–Crippen LogP) is 4.01. The van der Waals surface area contributed by atoms with Crippen LogP contribution in [-0.2, 0) is 4.74 Å². The Morgan fingerprint density at radius 1 is 1.25 bits per heavy atom. The van der Waals surface area contributed by atoms with Crippen LogP contribution >= 0.6 is 27.5 Å². The second-order valence-electron chi connectivity index (χ2n) is 4.41. The highest BCUT2D eigenvalue weighted by atomic mass is 79.9. The van der Waals surface area contributed by atoms with Gasteiger partial charge in [0.15, 0.2) is 0 Å². The zero-order chi connectivity index (χ0) is 17.5. The van der Waals surface area contributed by atoms with E-state index in [-0.39, 0.29) is 11.3 Å². The van der Waals surface area contributed by atoms with Crippen LogP contribution in [0.15, 0.2) is 52.0 Å². The molecule has 0 saturated carbocycles. The number of esters is 1. The van der Waals surface area contributed by atoms with Gasteiger partial charge in [0.1, 0.15) is 5.75 Å². The van der Waals surface area contributed by atoms with Gasteiger partial charge in [-0.3, -0.25) is 0 Å². The first-order valence-electron chi connectivity index (χ1n) is 6.64. The Kier molecular flexibility index (Phi) is 6.34. The molecule has 0 aromatic heterocycles. The molecule has 0 spiro atoms. The molecule has 2 rings (SSSR count). The van der Waals surface area contributed by atoms with Crippen LogP contribution in [0.3, 0.4) is 0 Å². The van der Waals surface area contributed by atoms with Crippen LogP contribution in [0.4, 0.5) is 4.79 Å². The van der Waals surface area contributed by atoms with E-state index in [1.54, 1.807) is 42.5 Å². The lowest BCUT2D eigenvalue weighted by atomic mass is 10.2. The summed E-state index contributed by atoms with van der Waals surface area (Å²) >= 11 is 9.31. The predicted molar refractivity (Wildman–Crippen MR) is 93.7 cm³/mol. The Balaban J connectivity index is 2.22. The first-order chi connectivity index (χ1) is 11.5. The normalized spacial score (nSPS) is 10.5. The molecule has 2 aromatic carbocycles. The number of halogens is 2. The van der Waals surface area contributed by atoms with Crippen molar-refractivity contribution >= 4 is 45.8 Å². The molecule has 124 valence electrons. The van der Waals surface area contributed by atoms with Crippen molar-refractivity contribution in [2.75, 3.05) is 7.11 Å². The molecule has 6 nitrogen and oxygen atoms in total. The minimum Gasteiger partial charge on any atom is -0.452 e. The average Bonchev–Trinajstić information content (AvgIpc) is 2.57. The molecule has 0 heterocycles. The maximum absolute atomic E-state index is 12.2. The number of rotatable bonds is 4. The van der Waals surface area contributed by atoms with Gasteiger partial charge >= 0.3 is 12.1 Å². The van der Waals surface area contributed by atoms with E-state index in [0.29, 0.717) is 10.6 Å². The van der Waals surface area contributed by atoms with Crippen molar-refractivity contribution in [3.05, 3.63) is 63.1 Å². The SMILES string of the molecule is COC(=O)NN=Cc1cc(Br)ccc1OC(=O)c1ccccc1Cl. The summed E-state index contributed by atoms with van der Waals surface area (Å²) in [5.74, 6) is -0.336. The molecular weight excluding hydrogens is 400 g/mol. The number of nitrogens with one attached hydrogen (secondary N) is 1. The highest BCUT2D eigenvalue weighted by Gasteiger charge is 2.14. The topological polar surface area (TPSA) is 77.0 Å². The molecule has 24 heavy (non-hydrogen) atoms. The molecule has 8 heteroatoms. The van der Waals surface area contributed by atoms with E-state index in [9.17, 15) is 9.59 Å². The monoisotopic (exact) mass is 410 g/mol. The van der Waals surface area contributed by atoms with Gasteiger partial charge in [0.2, 0.25) is 0 Å². The fourth-order valence-electron chi connectivity index (χ4n) is 1.69. The summed E-state index contributed by atoms with van der Waals surface area (Å²) in [6.07, 6.45) is 0.618. The van der Waals surface area contributed by atoms with Crippen molar-refractivity contribution in [3.8, 4) is 5.75 Å². The third-order valence-corrected chi connectivity index (χ3v) is 3.64. The quantitative estimate of drug-likeness (QED) is 0.357. The number of nitrogens with zero attached hydrogens (tertiary/aromatic N) is 1. The van der Waals surface area contributed by atoms with Gasteiger partial charge in [-0.2, -0.15) is 5.10 Å². The van der Waals surface area contributed by atoms with Gasteiger partial charge in [-0.1, -0.05) is 39.7 Å². The Bertz CT molecular complexity index is 795. The standard InChI is InChI=1S/C16H12BrClN2O4/c1-23-16(22)20-19-9-10-8-11(17)6-7-14(10)24-15(21)12-4-2-3-5-13(12)18/h2-9H,1H3,(H,20,22). The molecule has 0 aliphatic carbocycles. The number of carbonyl (C=O) groups is 2. The van der Waals surface area contributed by atoms with Gasteiger partial charge < -0.3 is 9.47 Å². The third kappa shape index (κ3) is 4.81. The van der Waals surface area contributed by atoms with Gasteiger partial charge in [-0.25, -0.2) is 15.0 Å². The van der Waals surface area contributed by atoms with E-state index in [2.05, 4.69) is 31.2 Å². The number of hydrazone groups is 1. The molecule has 0 fully saturated rings. The summed E-state index contributed by atoms with van der Waals surface area (Å²) in [6.45, 7) is 0. The number of hydrogen-bond acceptors (Lipinski definition) is 5. The second kappa shape index (κ2) is 8.47. The molecular formula is C16H12BrClN2O4. The minimum atomic E-state index is -0.712. The van der Waals surface area contributed by atoms with Crippen molar-refractivity contribution in [1.82, 2.24) is 5.43 Å². The third-order valence-electron chi connectivity index (χ3n) is 2.81. The van der Waals surface area contributed by atoms with Crippen LogP contribution in [0.5, 0.6) is 5.75 Å². The average molecular weight is 412 g/mol. The lowest BCUT2D eigenvalue weighted by Crippen LogP contribution is -2.17. The molecule has 1 amide bonds. The van der Waals surface area contributed by atoms with Gasteiger partial charge in [0, 0.05) is 10.0 Å². The zero-order valence-corrected chi connectivity index (χ0v) is 14.8. The van der Waals surface area contributed by atoms with Crippen molar-refractivity contribution in [2.45, 2.75) is 0 Å². The van der Waals surface area contributed by atoms with Gasteiger partial charge in [0.05, 0.1) is 23.9 Å². The van der Waals surface area contributed by atoms with Crippen molar-refractivity contribution in [2.24, 2.45) is 5.10 Å². The maximum Gasteiger partial charge on any atom is 0.427 e. The van der Waals surface area contributed by atoms with Crippen LogP contribution in [0.2, 0.25) is 5.02 Å². The molecule has 0 aliphatic heterocycles. The van der Waals surface area contributed by atoms with Crippen LogP contribution < -0.4 is 10.2 Å². The van der Waals surface area contributed by atoms with Gasteiger partial charge in [-0.05, 0) is 30.3 Å². The fourth-order valence-corrected chi connectivity index (χ4v) is 2.29. The Morgan fingerprint density at radius 2 is 2.00 bits per heavy atom. The number of amides is 1. The molecule has 0 atom stereocenters. The van der Waals surface area contributed by atoms with Crippen LogP contribution in [0.1, 0.15) is 15.9 Å². The number of ether oxygens (including phenoxy) is 2. The number of hydrogen-bond donors (Lipinski definition) is 1. The lowest BCUT2D eigenvalue weighted by molar-refractivity contribution is 0.0734. The highest BCUT2D eigenvalue weighted by molar-refractivity contribution is 9.10. The van der Waals surface area contributed by atoms with Crippen LogP contribution in [0, 0.1) is 0 Å². The van der Waals surface area contributed by atoms with E-state index in [1.807, 2.05) is 0 Å². The van der Waals surface area contributed by atoms with E-state index >= 15 is 0 Å². The van der Waals surface area contributed by atoms with E-state index in [4.69, 9.17) is 16.3 Å². The summed E-state index contributed by atoms with van der Waals surface area (Å²) in [5, 5.41) is 4.02. The number of benzene rings is 2. The number of methoxy groups -OCH3 is 1. The molecule has 1 N–H and O–H groups in total. The summed E-state index contributed by atoms with van der Waals surface area (Å²) in [4.78, 5) is 23.2. The van der Waals surface area contributed by atoms with Gasteiger partial charge in [-0.15, -0.1) is 0 Å². The summed E-state index contributed by atoms with van der Waals surface area (Å²) in [5.41, 5.74) is 2.87. The van der Waals surface area contributed by atoms with E-state index < -0.39 is 12.1 Å². The highest BCUT2D eigenvalue weighted by Crippen LogP contribution is 2.24. The summed E-state index contributed by atoms with van der Waals surface area (Å²) < 4.78 is 10.5. The van der Waals surface area contributed by atoms with Crippen molar-refractivity contribution in [3.63, 3.8) is 0 Å². The fraction of sp³-hybridized carbons (Fsp3) is 0.0625. The van der Waals surface area contributed by atoms with Crippen LogP contribution in [0.25, 0.3) is 0 Å². The molecule has 0 bridgehead atoms. The Labute approximate surface area is 151 Å². The smallest absolute Gasteiger partial charge is 0.427 e. The molecule has 0 aliphatic rings. The maximum atomic E-state index is 12.2. The Hall–Kier alpha value is -2.38. The van der Waals surface area contributed by atoms with Gasteiger partial charge in [0.25, 0.3) is 0 Å². The van der Waals surface area contributed by atoms with Crippen molar-refractivity contribution in [1.29, 1.82) is 0 Å². The second-order valence-corrected chi connectivity index (χ2v) is 5.74. The largest absolute Gasteiger partial charge is 0.452 e. The van der Waals surface area contributed by atoms with E-state index in [0.717, 1.165) is 4.47 Å². The van der Waals surface area contributed by atoms with Crippen molar-refractivity contribution < 1.29 is 19.1 Å². The molecule has 0 radical (unpaired) electrons. The minimum absolute atomic E-state index is 0.248. The first kappa shape index (κ1) is 18.0. The zero-order valence-electron chi connectivity index (χ0n) is 12.5. The summed E-state index contributed by atoms with van der Waals surface area (Å²) in [6, 6.07) is 11.6. The molecule has 0 saturated heterocycles. The Morgan fingerprint density at radius 3 is 2.71 bits per heavy atom.